The molecule has 1 N–H and O–H groups in total. The van der Waals surface area contributed by atoms with Crippen molar-refractivity contribution in [2.45, 2.75) is 43.5 Å². The van der Waals surface area contributed by atoms with Crippen LogP contribution in [0.15, 0.2) is 24.3 Å². The van der Waals surface area contributed by atoms with Crippen molar-refractivity contribution in [1.29, 1.82) is 0 Å². The van der Waals surface area contributed by atoms with E-state index in [2.05, 4.69) is 17.6 Å². The highest BCUT2D eigenvalue weighted by molar-refractivity contribution is 7.99. The molecule has 2 atom stereocenters. The van der Waals surface area contributed by atoms with E-state index in [9.17, 15) is 4.79 Å². The lowest BCUT2D eigenvalue weighted by atomic mass is 10.0. The van der Waals surface area contributed by atoms with Crippen molar-refractivity contribution in [3.05, 3.63) is 35.4 Å². The van der Waals surface area contributed by atoms with Gasteiger partial charge in [-0.1, -0.05) is 30.7 Å². The van der Waals surface area contributed by atoms with Crippen molar-refractivity contribution in [3.63, 3.8) is 0 Å². The summed E-state index contributed by atoms with van der Waals surface area (Å²) in [5, 5.41) is 4.38. The van der Waals surface area contributed by atoms with Crippen molar-refractivity contribution >= 4 is 17.7 Å². The van der Waals surface area contributed by atoms with E-state index < -0.39 is 0 Å². The molecule has 2 rings (SSSR count). The van der Waals surface area contributed by atoms with E-state index in [-0.39, 0.29) is 5.97 Å². The molecule has 1 fully saturated rings. The van der Waals surface area contributed by atoms with Crippen LogP contribution in [0.5, 0.6) is 0 Å². The summed E-state index contributed by atoms with van der Waals surface area (Å²) in [6, 6.07) is 8.69. The van der Waals surface area contributed by atoms with Crippen LogP contribution in [0.1, 0.15) is 30.4 Å². The van der Waals surface area contributed by atoms with Crippen LogP contribution in [0.25, 0.3) is 0 Å². The third-order valence-electron chi connectivity index (χ3n) is 3.99. The lowest BCUT2D eigenvalue weighted by molar-refractivity contribution is -0.139. The molecule has 0 aliphatic heterocycles. The number of carbonyl (C=O) groups is 1. The molecular formula is C16H23NO2S. The Balaban J connectivity index is 1.96. The minimum Gasteiger partial charge on any atom is -0.469 e. The van der Waals surface area contributed by atoms with E-state index in [1.807, 2.05) is 30.0 Å². The predicted molar refractivity (Wildman–Crippen MR) is 83.9 cm³/mol. The van der Waals surface area contributed by atoms with Crippen LogP contribution >= 0.6 is 11.8 Å². The number of thioether (sulfide) groups is 1. The van der Waals surface area contributed by atoms with Crippen LogP contribution in [0.3, 0.4) is 0 Å². The van der Waals surface area contributed by atoms with E-state index in [1.165, 1.54) is 31.9 Å². The number of hydrogen-bond donors (Lipinski definition) is 1. The van der Waals surface area contributed by atoms with Crippen molar-refractivity contribution in [2.75, 3.05) is 13.4 Å². The quantitative estimate of drug-likeness (QED) is 0.819. The third-order valence-corrected chi connectivity index (χ3v) is 5.16. The lowest BCUT2D eigenvalue weighted by Gasteiger charge is -2.20. The number of rotatable bonds is 6. The van der Waals surface area contributed by atoms with Crippen LogP contribution in [0, 0.1) is 0 Å². The third kappa shape index (κ3) is 4.00. The number of carbonyl (C=O) groups excluding carboxylic acids is 1. The first-order valence-corrected chi connectivity index (χ1v) is 8.43. The molecule has 2 unspecified atom stereocenters. The van der Waals surface area contributed by atoms with Gasteiger partial charge < -0.3 is 10.1 Å². The number of nitrogens with one attached hydrogen (secondary N) is 1. The van der Waals surface area contributed by atoms with Gasteiger partial charge in [-0.15, -0.1) is 0 Å². The first-order valence-electron chi connectivity index (χ1n) is 7.14. The van der Waals surface area contributed by atoms with Crippen LogP contribution < -0.4 is 5.32 Å². The van der Waals surface area contributed by atoms with Crippen molar-refractivity contribution in [2.24, 2.45) is 0 Å². The van der Waals surface area contributed by atoms with Crippen molar-refractivity contribution < 1.29 is 9.53 Å². The topological polar surface area (TPSA) is 38.3 Å². The van der Waals surface area contributed by atoms with Gasteiger partial charge in [-0.25, -0.2) is 0 Å². The summed E-state index contributed by atoms with van der Waals surface area (Å²) >= 11 is 1.96. The molecule has 3 nitrogen and oxygen atoms in total. The van der Waals surface area contributed by atoms with E-state index in [0.717, 1.165) is 17.4 Å². The van der Waals surface area contributed by atoms with Gasteiger partial charge in [0.2, 0.25) is 0 Å². The Labute approximate surface area is 125 Å². The molecule has 0 bridgehead atoms. The van der Waals surface area contributed by atoms with E-state index in [0.29, 0.717) is 12.5 Å². The van der Waals surface area contributed by atoms with Gasteiger partial charge >= 0.3 is 5.97 Å². The molecule has 1 aromatic carbocycles. The van der Waals surface area contributed by atoms with Gasteiger partial charge in [0.25, 0.3) is 0 Å². The number of benzene rings is 1. The van der Waals surface area contributed by atoms with Gasteiger partial charge in [-0.3, -0.25) is 4.79 Å². The van der Waals surface area contributed by atoms with E-state index in [1.54, 1.807) is 0 Å². The molecule has 0 amide bonds. The minimum atomic E-state index is -0.180. The van der Waals surface area contributed by atoms with Crippen molar-refractivity contribution in [1.82, 2.24) is 5.32 Å². The highest BCUT2D eigenvalue weighted by Crippen LogP contribution is 2.28. The Kier molecular flexibility index (Phi) is 5.92. The summed E-state index contributed by atoms with van der Waals surface area (Å²) in [7, 11) is 1.44. The zero-order valence-corrected chi connectivity index (χ0v) is 13.0. The highest BCUT2D eigenvalue weighted by atomic mass is 32.2. The van der Waals surface area contributed by atoms with Crippen molar-refractivity contribution in [3.8, 4) is 0 Å². The summed E-state index contributed by atoms with van der Waals surface area (Å²) < 4.78 is 4.76. The number of esters is 1. The maximum absolute atomic E-state index is 11.4. The molecule has 1 aromatic rings. The molecule has 1 aliphatic rings. The SMILES string of the molecule is COC(=O)Cc1ccccc1CNC1CCCC1SC. The Morgan fingerprint density at radius 3 is 2.80 bits per heavy atom. The second kappa shape index (κ2) is 7.70. The Hall–Kier alpha value is -1.00. The summed E-state index contributed by atoms with van der Waals surface area (Å²) in [4.78, 5) is 11.4. The number of hydrogen-bond acceptors (Lipinski definition) is 4. The zero-order chi connectivity index (χ0) is 14.4. The second-order valence-electron chi connectivity index (χ2n) is 5.21. The molecule has 0 aromatic heterocycles. The fourth-order valence-corrected chi connectivity index (χ4v) is 3.78. The summed E-state index contributed by atoms with van der Waals surface area (Å²) in [5.74, 6) is -0.180. The van der Waals surface area contributed by atoms with Gasteiger partial charge in [0, 0.05) is 17.8 Å². The van der Waals surface area contributed by atoms with Crippen LogP contribution in [0.4, 0.5) is 0 Å². The smallest absolute Gasteiger partial charge is 0.309 e. The molecular weight excluding hydrogens is 270 g/mol. The molecule has 1 aliphatic carbocycles. The van der Waals surface area contributed by atoms with Gasteiger partial charge in [0.15, 0.2) is 0 Å². The molecule has 4 heteroatoms. The zero-order valence-electron chi connectivity index (χ0n) is 12.2. The Morgan fingerprint density at radius 1 is 1.35 bits per heavy atom. The lowest BCUT2D eigenvalue weighted by Crippen LogP contribution is -2.33. The predicted octanol–water partition coefficient (Wildman–Crippen LogP) is 2.78. The molecule has 0 heterocycles. The monoisotopic (exact) mass is 293 g/mol. The first-order chi connectivity index (χ1) is 9.74. The number of ether oxygens (including phenoxy) is 1. The van der Waals surface area contributed by atoms with Crippen LogP contribution in [0.2, 0.25) is 0 Å². The Morgan fingerprint density at radius 2 is 2.10 bits per heavy atom. The molecule has 0 spiro atoms. The summed E-state index contributed by atoms with van der Waals surface area (Å²) in [5.41, 5.74) is 2.26. The fraction of sp³-hybridized carbons (Fsp3) is 0.562. The van der Waals surface area contributed by atoms with E-state index >= 15 is 0 Å². The van der Waals surface area contributed by atoms with Gasteiger partial charge in [-0.05, 0) is 30.2 Å². The van der Waals surface area contributed by atoms with Crippen LogP contribution in [-0.4, -0.2) is 30.6 Å². The molecule has 110 valence electrons. The fourth-order valence-electron chi connectivity index (χ4n) is 2.81. The standard InChI is InChI=1S/C16H23NO2S/c1-19-16(18)10-12-6-3-4-7-13(12)11-17-14-8-5-9-15(14)20-2/h3-4,6-7,14-15,17H,5,8-11H2,1-2H3. The largest absolute Gasteiger partial charge is 0.469 e. The first kappa shape index (κ1) is 15.4. The summed E-state index contributed by atoms with van der Waals surface area (Å²) in [6.45, 7) is 0.828. The van der Waals surface area contributed by atoms with Gasteiger partial charge in [0.05, 0.1) is 13.5 Å². The Bertz CT molecular complexity index is 450. The van der Waals surface area contributed by atoms with E-state index in [4.69, 9.17) is 4.74 Å². The molecule has 20 heavy (non-hydrogen) atoms. The maximum atomic E-state index is 11.4. The molecule has 0 saturated heterocycles. The minimum absolute atomic E-state index is 0.180. The average Bonchev–Trinajstić information content (AvgIpc) is 2.93. The molecule has 1 saturated carbocycles. The normalized spacial score (nSPS) is 21.9. The second-order valence-corrected chi connectivity index (χ2v) is 6.29. The highest BCUT2D eigenvalue weighted by Gasteiger charge is 2.25. The molecule has 0 radical (unpaired) electrons. The number of methoxy groups -OCH3 is 1. The van der Waals surface area contributed by atoms with Crippen LogP contribution in [-0.2, 0) is 22.5 Å². The van der Waals surface area contributed by atoms with Gasteiger partial charge in [-0.2, -0.15) is 11.8 Å². The summed E-state index contributed by atoms with van der Waals surface area (Å²) in [6.07, 6.45) is 6.42. The van der Waals surface area contributed by atoms with Gasteiger partial charge in [0.1, 0.15) is 0 Å². The maximum Gasteiger partial charge on any atom is 0.309 e. The average molecular weight is 293 g/mol.